The number of ether oxygens (including phenoxy) is 1. The van der Waals surface area contributed by atoms with Gasteiger partial charge in [-0.25, -0.2) is 9.78 Å². The minimum Gasteiger partial charge on any atom is -0.482 e. The number of rotatable bonds is 9. The zero-order chi connectivity index (χ0) is 24.2. The minimum absolute atomic E-state index is 0.0286. The Labute approximate surface area is 192 Å². The summed E-state index contributed by atoms with van der Waals surface area (Å²) in [5, 5.41) is 9.01. The van der Waals surface area contributed by atoms with E-state index in [9.17, 15) is 22.8 Å². The summed E-state index contributed by atoms with van der Waals surface area (Å²) in [7, 11) is 0. The van der Waals surface area contributed by atoms with Gasteiger partial charge in [-0.05, 0) is 49.6 Å². The average molecular weight is 478 g/mol. The molecule has 0 saturated heterocycles. The SMILES string of the molecule is CCc1cc(OCC(=O)O)ccc1C(=O)CCc1sc(-c2ccccc2C(F)(F)F)nc1C. The second kappa shape index (κ2) is 10.2. The lowest BCUT2D eigenvalue weighted by Gasteiger charge is -2.10. The number of Topliss-reactive ketones (excluding diaryl/α,β-unsaturated/α-hetero) is 1. The van der Waals surface area contributed by atoms with E-state index in [2.05, 4.69) is 4.98 Å². The molecule has 0 bridgehead atoms. The van der Waals surface area contributed by atoms with Gasteiger partial charge < -0.3 is 9.84 Å². The van der Waals surface area contributed by atoms with Crippen LogP contribution in [0.5, 0.6) is 5.75 Å². The Kier molecular flexibility index (Phi) is 7.53. The summed E-state index contributed by atoms with van der Waals surface area (Å²) in [5.41, 5.74) is 1.15. The normalized spacial score (nSPS) is 11.4. The maximum atomic E-state index is 13.4. The molecular weight excluding hydrogens is 455 g/mol. The van der Waals surface area contributed by atoms with E-state index in [4.69, 9.17) is 9.84 Å². The van der Waals surface area contributed by atoms with Crippen molar-refractivity contribution in [3.05, 3.63) is 69.7 Å². The lowest BCUT2D eigenvalue weighted by Crippen LogP contribution is -2.10. The van der Waals surface area contributed by atoms with Crippen LogP contribution in [0.3, 0.4) is 0 Å². The van der Waals surface area contributed by atoms with E-state index in [1.165, 1.54) is 12.1 Å². The van der Waals surface area contributed by atoms with Gasteiger partial charge in [0.25, 0.3) is 0 Å². The number of carboxylic acid groups (broad SMARTS) is 1. The number of ketones is 1. The van der Waals surface area contributed by atoms with Gasteiger partial charge in [0.2, 0.25) is 0 Å². The molecule has 0 radical (unpaired) electrons. The van der Waals surface area contributed by atoms with Gasteiger partial charge in [-0.3, -0.25) is 4.79 Å². The number of hydrogen-bond acceptors (Lipinski definition) is 5. The first kappa shape index (κ1) is 24.4. The summed E-state index contributed by atoms with van der Waals surface area (Å²) in [6, 6.07) is 10.1. The van der Waals surface area contributed by atoms with Gasteiger partial charge in [0.1, 0.15) is 10.8 Å². The highest BCUT2D eigenvalue weighted by Crippen LogP contribution is 2.39. The van der Waals surface area contributed by atoms with Crippen LogP contribution in [0.25, 0.3) is 10.6 Å². The lowest BCUT2D eigenvalue weighted by molar-refractivity contribution is -0.139. The molecule has 3 rings (SSSR count). The first-order valence-electron chi connectivity index (χ1n) is 10.2. The van der Waals surface area contributed by atoms with Crippen molar-refractivity contribution in [2.45, 2.75) is 39.3 Å². The standard InChI is InChI=1S/C24H22F3NO4S/c1-3-15-12-16(32-13-22(30)31)8-9-17(15)20(29)10-11-21-14(2)28-23(33-21)18-6-4-5-7-19(18)24(25,26)27/h4-9,12H,3,10-11,13H2,1-2H3,(H,30,31). The first-order chi connectivity index (χ1) is 15.6. The van der Waals surface area contributed by atoms with Crippen molar-refractivity contribution < 1.29 is 32.6 Å². The summed E-state index contributed by atoms with van der Waals surface area (Å²) in [6.07, 6.45) is -3.39. The van der Waals surface area contributed by atoms with Crippen LogP contribution in [0.15, 0.2) is 42.5 Å². The number of carbonyl (C=O) groups excluding carboxylic acids is 1. The molecule has 0 fully saturated rings. The molecule has 1 aromatic heterocycles. The third-order valence-electron chi connectivity index (χ3n) is 5.05. The number of aliphatic carboxylic acids is 1. The van der Waals surface area contributed by atoms with E-state index >= 15 is 0 Å². The Hall–Kier alpha value is -3.20. The molecule has 0 amide bonds. The van der Waals surface area contributed by atoms with Crippen molar-refractivity contribution in [3.63, 3.8) is 0 Å². The molecule has 3 aromatic rings. The number of carboxylic acids is 1. The Morgan fingerprint density at radius 3 is 2.55 bits per heavy atom. The number of benzene rings is 2. The maximum Gasteiger partial charge on any atom is 0.417 e. The van der Waals surface area contributed by atoms with Crippen molar-refractivity contribution >= 4 is 23.1 Å². The van der Waals surface area contributed by atoms with E-state index in [1.54, 1.807) is 31.2 Å². The van der Waals surface area contributed by atoms with Crippen LogP contribution in [-0.4, -0.2) is 28.4 Å². The van der Waals surface area contributed by atoms with E-state index in [0.717, 1.165) is 27.8 Å². The fourth-order valence-corrected chi connectivity index (χ4v) is 4.52. The minimum atomic E-state index is -4.48. The van der Waals surface area contributed by atoms with E-state index < -0.39 is 24.3 Å². The number of hydrogen-bond donors (Lipinski definition) is 1. The molecule has 0 spiro atoms. The molecule has 1 N–H and O–H groups in total. The highest BCUT2D eigenvalue weighted by molar-refractivity contribution is 7.15. The van der Waals surface area contributed by atoms with Crippen LogP contribution >= 0.6 is 11.3 Å². The van der Waals surface area contributed by atoms with Gasteiger partial charge in [0.05, 0.1) is 11.3 Å². The molecular formula is C24H22F3NO4S. The molecule has 0 atom stereocenters. The van der Waals surface area contributed by atoms with Gasteiger partial charge in [0.15, 0.2) is 12.4 Å². The predicted molar refractivity (Wildman–Crippen MR) is 119 cm³/mol. The number of nitrogens with zero attached hydrogens (tertiary/aromatic N) is 1. The number of carbonyl (C=O) groups is 2. The number of aryl methyl sites for hydroxylation is 3. The van der Waals surface area contributed by atoms with Crippen molar-refractivity contribution in [1.82, 2.24) is 4.98 Å². The summed E-state index contributed by atoms with van der Waals surface area (Å²) >= 11 is 1.16. The molecule has 0 aliphatic carbocycles. The molecule has 1 heterocycles. The molecule has 9 heteroatoms. The smallest absolute Gasteiger partial charge is 0.417 e. The topological polar surface area (TPSA) is 76.5 Å². The summed E-state index contributed by atoms with van der Waals surface area (Å²) in [4.78, 5) is 28.6. The summed E-state index contributed by atoms with van der Waals surface area (Å²) in [5.74, 6) is -0.830. The van der Waals surface area contributed by atoms with Gasteiger partial charge >= 0.3 is 12.1 Å². The molecule has 5 nitrogen and oxygen atoms in total. The monoisotopic (exact) mass is 477 g/mol. The molecule has 0 aliphatic heterocycles. The van der Waals surface area contributed by atoms with Crippen LogP contribution in [0, 0.1) is 6.92 Å². The Morgan fingerprint density at radius 1 is 1.15 bits per heavy atom. The van der Waals surface area contributed by atoms with E-state index in [0.29, 0.717) is 29.8 Å². The van der Waals surface area contributed by atoms with Crippen LogP contribution < -0.4 is 4.74 Å². The number of halogens is 3. The van der Waals surface area contributed by atoms with Crippen molar-refractivity contribution in [2.24, 2.45) is 0 Å². The zero-order valence-corrected chi connectivity index (χ0v) is 18.8. The van der Waals surface area contributed by atoms with Gasteiger partial charge in [0, 0.05) is 22.4 Å². The summed E-state index contributed by atoms with van der Waals surface area (Å²) in [6.45, 7) is 3.13. The van der Waals surface area contributed by atoms with Crippen LogP contribution in [0.1, 0.15) is 45.4 Å². The number of alkyl halides is 3. The van der Waals surface area contributed by atoms with Gasteiger partial charge in [-0.15, -0.1) is 11.3 Å². The molecule has 0 unspecified atom stereocenters. The maximum absolute atomic E-state index is 13.4. The van der Waals surface area contributed by atoms with Crippen molar-refractivity contribution in [2.75, 3.05) is 6.61 Å². The third kappa shape index (κ3) is 5.98. The van der Waals surface area contributed by atoms with Gasteiger partial charge in [-0.2, -0.15) is 13.2 Å². The zero-order valence-electron chi connectivity index (χ0n) is 18.0. The van der Waals surface area contributed by atoms with Crippen molar-refractivity contribution in [3.8, 4) is 16.3 Å². The molecule has 2 aromatic carbocycles. The van der Waals surface area contributed by atoms with Crippen LogP contribution in [0.4, 0.5) is 13.2 Å². The fourth-order valence-electron chi connectivity index (χ4n) is 3.42. The van der Waals surface area contributed by atoms with Crippen LogP contribution in [-0.2, 0) is 23.8 Å². The van der Waals surface area contributed by atoms with Gasteiger partial charge in [-0.1, -0.05) is 25.1 Å². The van der Waals surface area contributed by atoms with E-state index in [1.807, 2.05) is 6.92 Å². The summed E-state index contributed by atoms with van der Waals surface area (Å²) < 4.78 is 45.3. The Balaban J connectivity index is 1.76. The fraction of sp³-hybridized carbons (Fsp3) is 0.292. The third-order valence-corrected chi connectivity index (χ3v) is 6.31. The first-order valence-corrected chi connectivity index (χ1v) is 11.1. The van der Waals surface area contributed by atoms with Crippen LogP contribution in [0.2, 0.25) is 0 Å². The molecule has 174 valence electrons. The molecule has 0 aliphatic rings. The highest BCUT2D eigenvalue weighted by Gasteiger charge is 2.34. The van der Waals surface area contributed by atoms with Crippen molar-refractivity contribution in [1.29, 1.82) is 0 Å². The Morgan fingerprint density at radius 2 is 1.88 bits per heavy atom. The quantitative estimate of drug-likeness (QED) is 0.384. The Bertz CT molecular complexity index is 1170. The predicted octanol–water partition coefficient (Wildman–Crippen LogP) is 5.98. The largest absolute Gasteiger partial charge is 0.482 e. The second-order valence-electron chi connectivity index (χ2n) is 7.35. The molecule has 0 saturated carbocycles. The highest BCUT2D eigenvalue weighted by atomic mass is 32.1. The average Bonchev–Trinajstić information content (AvgIpc) is 3.15. The van der Waals surface area contributed by atoms with E-state index in [-0.39, 0.29) is 22.8 Å². The molecule has 33 heavy (non-hydrogen) atoms. The second-order valence-corrected chi connectivity index (χ2v) is 8.43. The lowest BCUT2D eigenvalue weighted by atomic mass is 9.98. The number of thiazole rings is 1. The number of aromatic nitrogens is 1.